The van der Waals surface area contributed by atoms with Crippen LogP contribution in [-0.4, -0.2) is 143 Å². The molecular formula is C70H84N24O7. The number of nitrogens with zero attached hydrogens (tertiary/aromatic N) is 19. The summed E-state index contributed by atoms with van der Waals surface area (Å²) in [6.07, 6.45) is 23.9. The van der Waals surface area contributed by atoms with Gasteiger partial charge in [-0.2, -0.15) is 30.3 Å². The molecule has 0 spiro atoms. The van der Waals surface area contributed by atoms with Crippen molar-refractivity contribution < 1.29 is 33.5 Å². The number of aromatic nitrogens is 17. The van der Waals surface area contributed by atoms with Crippen LogP contribution in [0.1, 0.15) is 133 Å². The summed E-state index contributed by atoms with van der Waals surface area (Å²) in [5.41, 5.74) is 32.0. The molecule has 31 heteroatoms. The van der Waals surface area contributed by atoms with Crippen LogP contribution in [0.15, 0.2) is 144 Å². The molecule has 2 amide bonds. The summed E-state index contributed by atoms with van der Waals surface area (Å²) in [5.74, 6) is -2.00. The van der Waals surface area contributed by atoms with Crippen LogP contribution in [0.2, 0.25) is 0 Å². The Morgan fingerprint density at radius 2 is 0.891 bits per heavy atom. The number of carbonyl (C=O) groups is 3. The number of hydrogen-bond acceptors (Lipinski definition) is 23. The Morgan fingerprint density at radius 1 is 0.495 bits per heavy atom. The lowest BCUT2D eigenvalue weighted by Gasteiger charge is -2.37. The van der Waals surface area contributed by atoms with E-state index in [1.807, 2.05) is 106 Å². The number of nitrogen functional groups attached to an aromatic ring is 3. The molecule has 0 aliphatic carbocycles. The summed E-state index contributed by atoms with van der Waals surface area (Å²) in [6, 6.07) is 11.2. The Bertz CT molecular complexity index is 4620. The Morgan fingerprint density at radius 3 is 1.31 bits per heavy atom. The third-order valence-corrected chi connectivity index (χ3v) is 18.8. The molecule has 526 valence electrons. The lowest BCUT2D eigenvalue weighted by molar-refractivity contribution is -0.147. The van der Waals surface area contributed by atoms with Gasteiger partial charge in [0.05, 0.1) is 118 Å². The zero-order valence-electron chi connectivity index (χ0n) is 58.7. The minimum absolute atomic E-state index is 0.00641. The molecule has 11 N–H and O–H groups in total. The van der Waals surface area contributed by atoms with Gasteiger partial charge in [0.2, 0.25) is 17.8 Å². The molecule has 0 aliphatic heterocycles. The van der Waals surface area contributed by atoms with Crippen molar-refractivity contribution in [2.24, 2.45) is 44.6 Å². The topological polar surface area (TPSA) is 453 Å². The molecule has 0 aliphatic rings. The number of amidine groups is 2. The third kappa shape index (κ3) is 16.0. The van der Waals surface area contributed by atoms with E-state index in [1.165, 1.54) is 17.1 Å². The van der Waals surface area contributed by atoms with Gasteiger partial charge in [-0.3, -0.25) is 43.4 Å². The van der Waals surface area contributed by atoms with Gasteiger partial charge in [-0.15, -0.1) is 0 Å². The maximum absolute atomic E-state index is 14.4. The van der Waals surface area contributed by atoms with Crippen LogP contribution in [0.3, 0.4) is 0 Å². The first-order valence-corrected chi connectivity index (χ1v) is 32.5. The van der Waals surface area contributed by atoms with E-state index in [0.717, 1.165) is 11.1 Å². The van der Waals surface area contributed by atoms with Gasteiger partial charge in [0.1, 0.15) is 11.7 Å². The Kier molecular flexibility index (Phi) is 20.6. The summed E-state index contributed by atoms with van der Waals surface area (Å²) in [6.45, 7) is 25.4. The molecule has 0 radical (unpaired) electrons. The van der Waals surface area contributed by atoms with Crippen LogP contribution in [-0.2, 0) is 50.1 Å². The minimum Gasteiger partial charge on any atom is -0.481 e. The summed E-state index contributed by atoms with van der Waals surface area (Å²) >= 11 is 0. The maximum Gasteiger partial charge on any atom is 0.310 e. The number of carboxylic acid groups (broad SMARTS) is 1. The third-order valence-electron chi connectivity index (χ3n) is 18.8. The van der Waals surface area contributed by atoms with E-state index in [2.05, 4.69) is 65.3 Å². The van der Waals surface area contributed by atoms with E-state index in [1.54, 1.807) is 110 Å². The Hall–Kier alpha value is -11.5. The minimum atomic E-state index is -1.17. The van der Waals surface area contributed by atoms with E-state index < -0.39 is 56.6 Å². The van der Waals surface area contributed by atoms with E-state index in [4.69, 9.17) is 57.6 Å². The second kappa shape index (κ2) is 28.8. The van der Waals surface area contributed by atoms with Crippen molar-refractivity contribution in [2.75, 3.05) is 30.4 Å². The fourth-order valence-electron chi connectivity index (χ4n) is 11.3. The number of hydrogen-bond donors (Lipinski definition) is 6. The molecule has 0 bridgehead atoms. The number of carbonyl (C=O) groups excluding carboxylic acids is 2. The van der Waals surface area contributed by atoms with Gasteiger partial charge in [-0.1, -0.05) is 51.1 Å². The van der Waals surface area contributed by atoms with Crippen molar-refractivity contribution in [3.8, 4) is 45.2 Å². The molecule has 101 heavy (non-hydrogen) atoms. The lowest BCUT2D eigenvalue weighted by atomic mass is 9.72. The average molecular weight is 1370 g/mol. The van der Waals surface area contributed by atoms with E-state index in [-0.39, 0.29) is 91.2 Å². The molecule has 31 nitrogen and oxygen atoms in total. The number of aliphatic imine (C=N–C) groups is 2. The number of carboxylic acids is 1. The molecule has 10 heterocycles. The second-order valence-electron chi connectivity index (χ2n) is 28.0. The summed E-state index contributed by atoms with van der Waals surface area (Å²) in [4.78, 5) is 92.8. The van der Waals surface area contributed by atoms with Crippen molar-refractivity contribution in [2.45, 2.75) is 137 Å². The first-order valence-electron chi connectivity index (χ1n) is 32.5. The van der Waals surface area contributed by atoms with Crippen LogP contribution < -0.4 is 28.7 Å². The van der Waals surface area contributed by atoms with Crippen molar-refractivity contribution in [3.63, 3.8) is 0 Å². The summed E-state index contributed by atoms with van der Waals surface area (Å²) in [7, 11) is 0. The highest BCUT2D eigenvalue weighted by Crippen LogP contribution is 2.41. The molecule has 5 atom stereocenters. The number of rotatable bonds is 28. The quantitative estimate of drug-likeness (QED) is 0.0200. The highest BCUT2D eigenvalue weighted by atomic mass is 16.5. The predicted molar refractivity (Wildman–Crippen MR) is 377 cm³/mol. The number of pyridine rings is 3. The van der Waals surface area contributed by atoms with Crippen molar-refractivity contribution >= 4 is 47.3 Å². The monoisotopic (exact) mass is 1370 g/mol. The van der Waals surface area contributed by atoms with Crippen LogP contribution in [0.25, 0.3) is 45.2 Å². The predicted octanol–water partition coefficient (Wildman–Crippen LogP) is 7.88. The zero-order chi connectivity index (χ0) is 73.0. The molecule has 0 saturated carbocycles. The van der Waals surface area contributed by atoms with Crippen molar-refractivity contribution in [1.82, 2.24) is 84.3 Å². The SMILES string of the molecule is CC(C)C(C)(C(N)=NC(=O)c1cnn(CC(C)(C)OCC(C)C(C)(C(N)=NC(=O)c2cnn(CC(C)(C)OCC(C)C(C)(c3ccc(-c4cnc(N)nc4)nc3)c3noc(-c4cnn(CC(C)(C)C(=O)O)c4)n3)c2)c2ccc(-c3cnc(N)nc3)nc2)c1)c1ccc(-c2cnc(N)nc2)nc1. The normalized spacial score (nSPS) is 15.0. The molecule has 10 aromatic heterocycles. The molecule has 10 rings (SSSR count). The van der Waals surface area contributed by atoms with Gasteiger partial charge in [-0.25, -0.2) is 29.9 Å². The van der Waals surface area contributed by atoms with Gasteiger partial charge in [-0.05, 0) is 115 Å². The van der Waals surface area contributed by atoms with Gasteiger partial charge in [0.15, 0.2) is 5.82 Å². The van der Waals surface area contributed by atoms with Crippen molar-refractivity contribution in [1.29, 1.82) is 0 Å². The highest BCUT2D eigenvalue weighted by molar-refractivity contribution is 6.06. The molecule has 0 fully saturated rings. The van der Waals surface area contributed by atoms with Gasteiger partial charge in [0.25, 0.3) is 17.7 Å². The standard InChI is InChI=1S/C70H84N24O7/c1-40(2)68(11,49-14-17-52(76-29-49)43-20-79-62(73)80-21-43)58(71)88-55(95)46-26-85-93(32-46)38-66(7,8)99-35-41(3)69(12,50-15-18-53(77-30-50)44-22-81-63(74)82-23-44)59(72)89-56(96)47-27-86-94(33-47)39-67(9,10)100-36-42(4)70(13,51-16-19-54(78-31-51)45-24-83-64(75)84-25-45)60-90-57(101-91-60)48-28-87-92(34-48)37-65(5,6)61(97)98/h14-34,40-42H,35-39H2,1-13H3,(H,97,98)(H2,71,88,95)(H2,72,89,96)(H2,73,79,80)(H2,74,81,82)(H2,75,83,84). The summed E-state index contributed by atoms with van der Waals surface area (Å²) in [5, 5.41) is 27.7. The highest BCUT2D eigenvalue weighted by Gasteiger charge is 2.43. The molecule has 5 unspecified atom stereocenters. The van der Waals surface area contributed by atoms with Gasteiger partial charge < -0.3 is 47.8 Å². The Balaban J connectivity index is 0.831. The number of aliphatic carboxylic acids is 1. The number of amides is 2. The average Bonchev–Trinajstić information content (AvgIpc) is 1.75. The fraction of sp³-hybridized carbons (Fsp3) is 0.386. The first kappa shape index (κ1) is 72.3. The molecule has 0 saturated heterocycles. The van der Waals surface area contributed by atoms with E-state index in [0.29, 0.717) is 50.7 Å². The van der Waals surface area contributed by atoms with Gasteiger partial charge in [0, 0.05) is 91.1 Å². The first-order chi connectivity index (χ1) is 47.7. The largest absolute Gasteiger partial charge is 0.481 e. The second-order valence-corrected chi connectivity index (χ2v) is 28.0. The van der Waals surface area contributed by atoms with Crippen LogP contribution in [0, 0.1) is 23.2 Å². The van der Waals surface area contributed by atoms with Crippen molar-refractivity contribution in [3.05, 3.63) is 163 Å². The summed E-state index contributed by atoms with van der Waals surface area (Å²) < 4.78 is 24.1. The van der Waals surface area contributed by atoms with E-state index in [9.17, 15) is 19.5 Å². The zero-order valence-corrected chi connectivity index (χ0v) is 58.7. The number of ether oxygens (including phenoxy) is 2. The number of nitrogens with two attached hydrogens (primary N) is 5. The Labute approximate surface area is 583 Å². The number of anilines is 3. The van der Waals surface area contributed by atoms with Gasteiger partial charge >= 0.3 is 5.97 Å². The smallest absolute Gasteiger partial charge is 0.310 e. The lowest BCUT2D eigenvalue weighted by Crippen LogP contribution is -2.47. The van der Waals surface area contributed by atoms with Crippen LogP contribution >= 0.6 is 0 Å². The van der Waals surface area contributed by atoms with Crippen LogP contribution in [0.5, 0.6) is 0 Å². The molecule has 0 aromatic carbocycles. The fourth-order valence-corrected chi connectivity index (χ4v) is 11.3. The maximum atomic E-state index is 14.4. The van der Waals surface area contributed by atoms with Crippen LogP contribution in [0.4, 0.5) is 17.8 Å². The molecule has 10 aromatic rings. The molecular weight excluding hydrogens is 1290 g/mol. The van der Waals surface area contributed by atoms with E-state index >= 15 is 0 Å².